The first-order valence-electron chi connectivity index (χ1n) is 7.52. The summed E-state index contributed by atoms with van der Waals surface area (Å²) in [4.78, 5) is 21.5. The average Bonchev–Trinajstić information content (AvgIpc) is 2.53. The van der Waals surface area contributed by atoms with Crippen molar-refractivity contribution in [3.05, 3.63) is 29.3 Å². The van der Waals surface area contributed by atoms with E-state index in [1.54, 1.807) is 18.2 Å². The Kier molecular flexibility index (Phi) is 6.09. The lowest BCUT2D eigenvalue weighted by molar-refractivity contribution is -0.166. The highest BCUT2D eigenvalue weighted by Crippen LogP contribution is 2.25. The Bertz CT molecular complexity index is 562. The van der Waals surface area contributed by atoms with Crippen LogP contribution in [0.4, 0.5) is 5.69 Å². The number of carboxylic acid groups (broad SMARTS) is 1. The number of nitrogens with one attached hydrogen (secondary N) is 1. The van der Waals surface area contributed by atoms with E-state index in [1.165, 1.54) is 0 Å². The molecule has 0 radical (unpaired) electrons. The van der Waals surface area contributed by atoms with E-state index in [4.69, 9.17) is 9.84 Å². The molecule has 1 aliphatic rings. The first-order valence-corrected chi connectivity index (χ1v) is 7.52. The van der Waals surface area contributed by atoms with Gasteiger partial charge in [-0.2, -0.15) is 0 Å². The van der Waals surface area contributed by atoms with E-state index < -0.39 is 18.2 Å². The quantitative estimate of drug-likeness (QED) is 0.548. The van der Waals surface area contributed by atoms with Gasteiger partial charge in [-0.15, -0.1) is 0 Å². The molecule has 7 nitrogen and oxygen atoms in total. The predicted molar refractivity (Wildman–Crippen MR) is 81.9 cm³/mol. The average molecular weight is 323 g/mol. The molecule has 4 N–H and O–H groups in total. The van der Waals surface area contributed by atoms with Crippen molar-refractivity contribution < 1.29 is 29.6 Å². The summed E-state index contributed by atoms with van der Waals surface area (Å²) >= 11 is 0. The number of carbonyl (C=O) groups is 2. The standard InChI is InChI=1S/C16H21NO6/c18-8-11-1-3-12(17-9-19)5-10(11)2-4-14-6-13(20)7-15(23-14)16(21)22/h1,3,5,9,13-15,18,20H,2,4,6-8H2,(H,17,19)(H,21,22). The molecular weight excluding hydrogens is 302 g/mol. The van der Waals surface area contributed by atoms with Gasteiger partial charge in [0, 0.05) is 12.1 Å². The van der Waals surface area contributed by atoms with Gasteiger partial charge >= 0.3 is 5.97 Å². The number of hydrogen-bond donors (Lipinski definition) is 4. The molecule has 0 bridgehead atoms. The fourth-order valence-corrected chi connectivity index (χ4v) is 2.82. The minimum atomic E-state index is -1.07. The maximum absolute atomic E-state index is 11.0. The van der Waals surface area contributed by atoms with Gasteiger partial charge in [0.05, 0.1) is 18.8 Å². The second-order valence-electron chi connectivity index (χ2n) is 5.65. The van der Waals surface area contributed by atoms with Gasteiger partial charge < -0.3 is 25.4 Å². The van der Waals surface area contributed by atoms with E-state index in [9.17, 15) is 19.8 Å². The topological polar surface area (TPSA) is 116 Å². The van der Waals surface area contributed by atoms with E-state index in [0.717, 1.165) is 11.1 Å². The van der Waals surface area contributed by atoms with Crippen LogP contribution in [0.15, 0.2) is 18.2 Å². The van der Waals surface area contributed by atoms with Crippen LogP contribution in [-0.2, 0) is 27.4 Å². The summed E-state index contributed by atoms with van der Waals surface area (Å²) < 4.78 is 5.50. The van der Waals surface area contributed by atoms with Gasteiger partial charge in [-0.3, -0.25) is 4.79 Å². The Hall–Kier alpha value is -1.96. The third kappa shape index (κ3) is 4.75. The molecule has 7 heteroatoms. The van der Waals surface area contributed by atoms with Crippen LogP contribution in [0.3, 0.4) is 0 Å². The van der Waals surface area contributed by atoms with E-state index in [0.29, 0.717) is 31.4 Å². The van der Waals surface area contributed by atoms with Gasteiger partial charge in [0.2, 0.25) is 6.41 Å². The fraction of sp³-hybridized carbons (Fsp3) is 0.500. The van der Waals surface area contributed by atoms with Crippen molar-refractivity contribution in [1.82, 2.24) is 0 Å². The molecule has 1 aromatic rings. The minimum Gasteiger partial charge on any atom is -0.479 e. The number of ether oxygens (including phenoxy) is 1. The van der Waals surface area contributed by atoms with Gasteiger partial charge in [-0.1, -0.05) is 6.07 Å². The monoisotopic (exact) mass is 323 g/mol. The van der Waals surface area contributed by atoms with Crippen LogP contribution in [0, 0.1) is 0 Å². The van der Waals surface area contributed by atoms with Gasteiger partial charge in [-0.25, -0.2) is 4.79 Å². The highest BCUT2D eigenvalue weighted by Gasteiger charge is 2.32. The van der Waals surface area contributed by atoms with Gasteiger partial charge in [0.25, 0.3) is 0 Å². The summed E-state index contributed by atoms with van der Waals surface area (Å²) in [7, 11) is 0. The van der Waals surface area contributed by atoms with Crippen molar-refractivity contribution in [2.45, 2.75) is 50.6 Å². The highest BCUT2D eigenvalue weighted by molar-refractivity contribution is 5.72. The smallest absolute Gasteiger partial charge is 0.332 e. The number of aliphatic hydroxyl groups excluding tert-OH is 2. The van der Waals surface area contributed by atoms with Crippen LogP contribution >= 0.6 is 0 Å². The summed E-state index contributed by atoms with van der Waals surface area (Å²) in [6.45, 7) is -0.122. The number of amides is 1. The number of benzene rings is 1. The van der Waals surface area contributed by atoms with Crippen LogP contribution in [0.2, 0.25) is 0 Å². The lowest BCUT2D eigenvalue weighted by Crippen LogP contribution is -2.40. The lowest BCUT2D eigenvalue weighted by atomic mass is 9.95. The third-order valence-electron chi connectivity index (χ3n) is 3.99. The predicted octanol–water partition coefficient (Wildman–Crippen LogP) is 0.673. The largest absolute Gasteiger partial charge is 0.479 e. The summed E-state index contributed by atoms with van der Waals surface area (Å²) in [6.07, 6.45) is 0.132. The first-order chi connectivity index (χ1) is 11.0. The van der Waals surface area contributed by atoms with Crippen molar-refractivity contribution in [3.8, 4) is 0 Å². The first kappa shape index (κ1) is 17.4. The Balaban J connectivity index is 2.02. The van der Waals surface area contributed by atoms with E-state index in [-0.39, 0.29) is 19.1 Å². The number of carbonyl (C=O) groups excluding carboxylic acids is 1. The molecule has 0 saturated carbocycles. The highest BCUT2D eigenvalue weighted by atomic mass is 16.5. The van der Waals surface area contributed by atoms with Crippen LogP contribution < -0.4 is 5.32 Å². The molecule has 23 heavy (non-hydrogen) atoms. The van der Waals surface area contributed by atoms with Crippen LogP contribution in [0.25, 0.3) is 0 Å². The normalized spacial score (nSPS) is 24.2. The Morgan fingerprint density at radius 2 is 2.13 bits per heavy atom. The van der Waals surface area contributed by atoms with Crippen molar-refractivity contribution >= 4 is 18.1 Å². The number of aliphatic carboxylic acids is 1. The summed E-state index contributed by atoms with van der Waals surface area (Å²) in [6, 6.07) is 5.20. The summed E-state index contributed by atoms with van der Waals surface area (Å²) in [5.41, 5.74) is 2.22. The van der Waals surface area contributed by atoms with Crippen molar-refractivity contribution in [3.63, 3.8) is 0 Å². The number of aryl methyl sites for hydroxylation is 1. The van der Waals surface area contributed by atoms with Gasteiger partial charge in [0.15, 0.2) is 6.10 Å². The molecule has 1 aliphatic heterocycles. The fourth-order valence-electron chi connectivity index (χ4n) is 2.82. The zero-order valence-electron chi connectivity index (χ0n) is 12.6. The maximum Gasteiger partial charge on any atom is 0.332 e. The number of aliphatic hydroxyl groups is 2. The molecule has 0 spiro atoms. The van der Waals surface area contributed by atoms with E-state index >= 15 is 0 Å². The van der Waals surface area contributed by atoms with Gasteiger partial charge in [-0.05, 0) is 42.5 Å². The second kappa shape index (κ2) is 8.05. The number of rotatable bonds is 7. The van der Waals surface area contributed by atoms with Crippen molar-refractivity contribution in [1.29, 1.82) is 0 Å². The number of hydrogen-bond acceptors (Lipinski definition) is 5. The Labute approximate surface area is 133 Å². The molecule has 3 atom stereocenters. The Morgan fingerprint density at radius 3 is 2.78 bits per heavy atom. The molecular formula is C16H21NO6. The molecule has 2 rings (SSSR count). The SMILES string of the molecule is O=CNc1ccc(CO)c(CCC2CC(O)CC(C(=O)O)O2)c1. The molecule has 1 aromatic carbocycles. The number of anilines is 1. The zero-order chi connectivity index (χ0) is 16.8. The van der Waals surface area contributed by atoms with Crippen molar-refractivity contribution in [2.24, 2.45) is 0 Å². The maximum atomic E-state index is 11.0. The molecule has 126 valence electrons. The summed E-state index contributed by atoms with van der Waals surface area (Å²) in [5.74, 6) is -1.07. The third-order valence-corrected chi connectivity index (χ3v) is 3.99. The molecule has 0 aromatic heterocycles. The second-order valence-corrected chi connectivity index (χ2v) is 5.65. The molecule has 1 amide bonds. The molecule has 1 fully saturated rings. The molecule has 3 unspecified atom stereocenters. The van der Waals surface area contributed by atoms with E-state index in [1.807, 2.05) is 0 Å². The van der Waals surface area contributed by atoms with Crippen molar-refractivity contribution in [2.75, 3.05) is 5.32 Å². The van der Waals surface area contributed by atoms with Crippen LogP contribution in [0.5, 0.6) is 0 Å². The molecule has 0 aliphatic carbocycles. The zero-order valence-corrected chi connectivity index (χ0v) is 12.6. The lowest BCUT2D eigenvalue weighted by Gasteiger charge is -2.31. The minimum absolute atomic E-state index is 0.104. The Morgan fingerprint density at radius 1 is 1.35 bits per heavy atom. The molecule has 1 saturated heterocycles. The van der Waals surface area contributed by atoms with Crippen LogP contribution in [-0.4, -0.2) is 46.0 Å². The van der Waals surface area contributed by atoms with E-state index in [2.05, 4.69) is 5.32 Å². The molecule has 1 heterocycles. The van der Waals surface area contributed by atoms with Gasteiger partial charge in [0.1, 0.15) is 0 Å². The number of carboxylic acids is 1. The van der Waals surface area contributed by atoms with Crippen LogP contribution in [0.1, 0.15) is 30.4 Å². The summed E-state index contributed by atoms with van der Waals surface area (Å²) in [5, 5.41) is 30.8.